The van der Waals surface area contributed by atoms with Crippen molar-refractivity contribution in [3.05, 3.63) is 96.1 Å². The summed E-state index contributed by atoms with van der Waals surface area (Å²) in [7, 11) is 1.56. The van der Waals surface area contributed by atoms with Crippen LogP contribution in [0.15, 0.2) is 84.9 Å². The number of anilines is 1. The fraction of sp³-hybridized carbons (Fsp3) is 0.192. The number of carbonyl (C=O) groups excluding carboxylic acids is 3. The minimum absolute atomic E-state index is 0.266. The van der Waals surface area contributed by atoms with Crippen molar-refractivity contribution >= 4 is 23.5 Å². The number of methoxy groups -OCH3 is 1. The first-order valence-electron chi connectivity index (χ1n) is 10.6. The second-order valence-electron chi connectivity index (χ2n) is 7.23. The van der Waals surface area contributed by atoms with E-state index in [0.29, 0.717) is 22.6 Å². The van der Waals surface area contributed by atoms with Crippen molar-refractivity contribution in [3.63, 3.8) is 0 Å². The van der Waals surface area contributed by atoms with E-state index in [2.05, 4.69) is 10.6 Å². The van der Waals surface area contributed by atoms with E-state index in [4.69, 9.17) is 9.47 Å². The molecule has 0 unspecified atom stereocenters. The van der Waals surface area contributed by atoms with Gasteiger partial charge in [0, 0.05) is 11.3 Å². The molecule has 0 spiro atoms. The SMILES string of the molecule is CC[C@@H](OC(=O)[C@@H](NC(=O)c1ccccc1)c1ccccc1)C(=O)Nc1ccc(OC)cc1. The predicted molar refractivity (Wildman–Crippen MR) is 125 cm³/mol. The quantitative estimate of drug-likeness (QED) is 0.482. The summed E-state index contributed by atoms with van der Waals surface area (Å²) in [6.45, 7) is 1.74. The fourth-order valence-corrected chi connectivity index (χ4v) is 3.16. The molecule has 3 aromatic rings. The van der Waals surface area contributed by atoms with Crippen LogP contribution in [0.2, 0.25) is 0 Å². The Kier molecular flexibility index (Phi) is 8.18. The summed E-state index contributed by atoms with van der Waals surface area (Å²) < 4.78 is 10.7. The third kappa shape index (κ3) is 6.43. The van der Waals surface area contributed by atoms with Gasteiger partial charge in [-0.2, -0.15) is 0 Å². The summed E-state index contributed by atoms with van der Waals surface area (Å²) in [5, 5.41) is 5.46. The molecule has 0 aliphatic rings. The van der Waals surface area contributed by atoms with E-state index >= 15 is 0 Å². The van der Waals surface area contributed by atoms with Gasteiger partial charge in [0.15, 0.2) is 12.1 Å². The summed E-state index contributed by atoms with van der Waals surface area (Å²) in [6, 6.07) is 23.1. The predicted octanol–water partition coefficient (Wildman–Crippen LogP) is 4.13. The standard InChI is InChI=1S/C26H26N2O5/c1-3-22(25(30)27-20-14-16-21(32-2)17-15-20)33-26(31)23(18-10-6-4-7-11-18)28-24(29)19-12-8-5-9-13-19/h4-17,22-23H,3H2,1-2H3,(H,27,30)(H,28,29)/t22-,23+/m1/s1. The van der Waals surface area contributed by atoms with E-state index in [9.17, 15) is 14.4 Å². The largest absolute Gasteiger partial charge is 0.497 e. The monoisotopic (exact) mass is 446 g/mol. The Balaban J connectivity index is 1.73. The lowest BCUT2D eigenvalue weighted by Crippen LogP contribution is -2.39. The van der Waals surface area contributed by atoms with Crippen molar-refractivity contribution in [2.24, 2.45) is 0 Å². The van der Waals surface area contributed by atoms with Crippen LogP contribution in [0.5, 0.6) is 5.75 Å². The van der Waals surface area contributed by atoms with E-state index in [1.807, 2.05) is 6.07 Å². The maximum Gasteiger partial charge on any atom is 0.334 e. The molecule has 7 nitrogen and oxygen atoms in total. The highest BCUT2D eigenvalue weighted by atomic mass is 16.5. The first kappa shape index (κ1) is 23.5. The summed E-state index contributed by atoms with van der Waals surface area (Å²) in [4.78, 5) is 38.5. The maximum atomic E-state index is 13.1. The molecule has 2 amide bonds. The van der Waals surface area contributed by atoms with Gasteiger partial charge in [-0.25, -0.2) is 4.79 Å². The van der Waals surface area contributed by atoms with E-state index < -0.39 is 29.9 Å². The molecule has 170 valence electrons. The summed E-state index contributed by atoms with van der Waals surface area (Å²) >= 11 is 0. The van der Waals surface area contributed by atoms with Gasteiger partial charge in [-0.05, 0) is 48.4 Å². The van der Waals surface area contributed by atoms with Crippen LogP contribution in [0.1, 0.15) is 35.3 Å². The van der Waals surface area contributed by atoms with Gasteiger partial charge in [-0.15, -0.1) is 0 Å². The molecule has 2 atom stereocenters. The molecule has 2 N–H and O–H groups in total. The first-order chi connectivity index (χ1) is 16.0. The summed E-state index contributed by atoms with van der Waals surface area (Å²) in [6.07, 6.45) is -0.763. The molecular weight excluding hydrogens is 420 g/mol. The molecule has 0 heterocycles. The zero-order valence-corrected chi connectivity index (χ0v) is 18.5. The van der Waals surface area contributed by atoms with Crippen molar-refractivity contribution in [3.8, 4) is 5.75 Å². The first-order valence-corrected chi connectivity index (χ1v) is 10.6. The van der Waals surface area contributed by atoms with Gasteiger partial charge in [0.05, 0.1) is 7.11 Å². The number of amides is 2. The number of esters is 1. The average Bonchev–Trinajstić information content (AvgIpc) is 2.87. The number of hydrogen-bond donors (Lipinski definition) is 2. The fourth-order valence-electron chi connectivity index (χ4n) is 3.16. The number of rotatable bonds is 9. The topological polar surface area (TPSA) is 93.7 Å². The van der Waals surface area contributed by atoms with Gasteiger partial charge in [-0.1, -0.05) is 55.5 Å². The molecule has 3 rings (SSSR count). The second-order valence-corrected chi connectivity index (χ2v) is 7.23. The Morgan fingerprint density at radius 3 is 2.03 bits per heavy atom. The zero-order chi connectivity index (χ0) is 23.6. The number of nitrogens with one attached hydrogen (secondary N) is 2. The Morgan fingerprint density at radius 1 is 0.848 bits per heavy atom. The van der Waals surface area contributed by atoms with E-state index in [0.717, 1.165) is 0 Å². The van der Waals surface area contributed by atoms with E-state index in [1.165, 1.54) is 0 Å². The molecule has 0 saturated heterocycles. The number of carbonyl (C=O) groups is 3. The van der Waals surface area contributed by atoms with Crippen LogP contribution in [0.25, 0.3) is 0 Å². The Morgan fingerprint density at radius 2 is 1.45 bits per heavy atom. The van der Waals surface area contributed by atoms with Gasteiger partial charge >= 0.3 is 5.97 Å². The van der Waals surface area contributed by atoms with Crippen LogP contribution in [-0.2, 0) is 14.3 Å². The van der Waals surface area contributed by atoms with Crippen LogP contribution < -0.4 is 15.4 Å². The normalized spacial score (nSPS) is 12.2. The summed E-state index contributed by atoms with van der Waals surface area (Å²) in [5.41, 5.74) is 1.51. The number of ether oxygens (including phenoxy) is 2. The molecule has 7 heteroatoms. The van der Waals surface area contributed by atoms with Gasteiger partial charge in [-0.3, -0.25) is 9.59 Å². The molecule has 0 aromatic heterocycles. The Labute approximate surface area is 192 Å². The van der Waals surface area contributed by atoms with Crippen LogP contribution >= 0.6 is 0 Å². The second kappa shape index (κ2) is 11.5. The van der Waals surface area contributed by atoms with E-state index in [-0.39, 0.29) is 6.42 Å². The molecule has 0 bridgehead atoms. The molecule has 0 saturated carbocycles. The minimum atomic E-state index is -1.07. The smallest absolute Gasteiger partial charge is 0.334 e. The van der Waals surface area contributed by atoms with Crippen molar-refractivity contribution in [1.82, 2.24) is 5.32 Å². The lowest BCUT2D eigenvalue weighted by atomic mass is 10.1. The third-order valence-corrected chi connectivity index (χ3v) is 4.96. The Bertz CT molecular complexity index is 1070. The average molecular weight is 447 g/mol. The lowest BCUT2D eigenvalue weighted by Gasteiger charge is -2.22. The molecule has 3 aromatic carbocycles. The van der Waals surface area contributed by atoms with Crippen LogP contribution in [-0.4, -0.2) is 31.0 Å². The molecule has 33 heavy (non-hydrogen) atoms. The highest BCUT2D eigenvalue weighted by Crippen LogP contribution is 2.19. The lowest BCUT2D eigenvalue weighted by molar-refractivity contribution is -0.156. The van der Waals surface area contributed by atoms with Crippen molar-refractivity contribution < 1.29 is 23.9 Å². The molecule has 0 aliphatic heterocycles. The molecular formula is C26H26N2O5. The molecule has 0 aliphatic carbocycles. The number of benzene rings is 3. The van der Waals surface area contributed by atoms with Gasteiger partial charge in [0.2, 0.25) is 0 Å². The van der Waals surface area contributed by atoms with Crippen molar-refractivity contribution in [1.29, 1.82) is 0 Å². The Hall–Kier alpha value is -4.13. The molecule has 0 radical (unpaired) electrons. The third-order valence-electron chi connectivity index (χ3n) is 4.96. The highest BCUT2D eigenvalue weighted by molar-refractivity contribution is 5.98. The van der Waals surface area contributed by atoms with Crippen molar-refractivity contribution in [2.75, 3.05) is 12.4 Å². The van der Waals surface area contributed by atoms with Crippen LogP contribution in [0.4, 0.5) is 5.69 Å². The molecule has 0 fully saturated rings. The maximum absolute atomic E-state index is 13.1. The van der Waals surface area contributed by atoms with Crippen LogP contribution in [0.3, 0.4) is 0 Å². The van der Waals surface area contributed by atoms with Gasteiger partial charge in [0.25, 0.3) is 11.8 Å². The van der Waals surface area contributed by atoms with Crippen molar-refractivity contribution in [2.45, 2.75) is 25.5 Å². The minimum Gasteiger partial charge on any atom is -0.497 e. The highest BCUT2D eigenvalue weighted by Gasteiger charge is 2.29. The number of hydrogen-bond acceptors (Lipinski definition) is 5. The summed E-state index contributed by atoms with van der Waals surface area (Å²) in [5.74, 6) is -0.942. The van der Waals surface area contributed by atoms with Gasteiger partial charge in [0.1, 0.15) is 5.75 Å². The zero-order valence-electron chi connectivity index (χ0n) is 18.5. The van der Waals surface area contributed by atoms with Crippen LogP contribution in [0, 0.1) is 0 Å². The van der Waals surface area contributed by atoms with Gasteiger partial charge < -0.3 is 20.1 Å². The van der Waals surface area contributed by atoms with E-state index in [1.54, 1.807) is 92.9 Å².